The fourth-order valence-electron chi connectivity index (χ4n) is 4.12. The molecule has 2 atom stereocenters. The quantitative estimate of drug-likeness (QED) is 0.578. The minimum atomic E-state index is -0.0534. The third kappa shape index (κ3) is 3.63. The van der Waals surface area contributed by atoms with E-state index in [1.807, 2.05) is 17.0 Å². The topological polar surface area (TPSA) is 121 Å². The molecule has 2 unspecified atom stereocenters. The number of anilines is 1. The van der Waals surface area contributed by atoms with Gasteiger partial charge in [0.05, 0.1) is 12.7 Å². The zero-order valence-electron chi connectivity index (χ0n) is 16.2. The summed E-state index contributed by atoms with van der Waals surface area (Å²) in [5.41, 5.74) is 7.02. The highest BCUT2D eigenvalue weighted by atomic mass is 16.5. The normalized spacial score (nSPS) is 21.2. The molecule has 1 amide bonds. The zero-order valence-corrected chi connectivity index (χ0v) is 16.2. The van der Waals surface area contributed by atoms with Crippen LogP contribution in [0.15, 0.2) is 41.5 Å². The predicted molar refractivity (Wildman–Crippen MR) is 110 cm³/mol. The fourth-order valence-corrected chi connectivity index (χ4v) is 4.12. The molecule has 2 aliphatic heterocycles. The van der Waals surface area contributed by atoms with Gasteiger partial charge in [0.1, 0.15) is 12.2 Å². The zero-order chi connectivity index (χ0) is 20.4. The van der Waals surface area contributed by atoms with Crippen LogP contribution >= 0.6 is 0 Å². The number of nitrogens with zero attached hydrogens (tertiary/aromatic N) is 5. The van der Waals surface area contributed by atoms with E-state index in [0.29, 0.717) is 47.9 Å². The molecule has 150 valence electrons. The van der Waals surface area contributed by atoms with E-state index in [9.17, 15) is 4.79 Å². The van der Waals surface area contributed by atoms with Crippen molar-refractivity contribution in [2.24, 2.45) is 22.6 Å². The smallest absolute Gasteiger partial charge is 0.254 e. The molecule has 0 aliphatic carbocycles. The van der Waals surface area contributed by atoms with Gasteiger partial charge in [-0.25, -0.2) is 9.98 Å². The molecule has 9 nitrogen and oxygen atoms in total. The molecule has 29 heavy (non-hydrogen) atoms. The highest BCUT2D eigenvalue weighted by Crippen LogP contribution is 2.34. The minimum Gasteiger partial charge on any atom is -0.481 e. The number of fused-ring (bicyclic) bond motifs is 1. The molecule has 3 N–H and O–H groups in total. The Morgan fingerprint density at radius 3 is 2.55 bits per heavy atom. The molecule has 0 bridgehead atoms. The van der Waals surface area contributed by atoms with Crippen LogP contribution in [0, 0.1) is 17.2 Å². The summed E-state index contributed by atoms with van der Waals surface area (Å²) < 4.78 is 5.19. The van der Waals surface area contributed by atoms with Crippen LogP contribution in [0.25, 0.3) is 0 Å². The molecule has 1 aromatic carbocycles. The van der Waals surface area contributed by atoms with Gasteiger partial charge in [0.25, 0.3) is 5.91 Å². The monoisotopic (exact) mass is 393 g/mol. The molecule has 2 aliphatic rings. The van der Waals surface area contributed by atoms with Crippen LogP contribution in [0.2, 0.25) is 0 Å². The van der Waals surface area contributed by atoms with Gasteiger partial charge in [-0.15, -0.1) is 0 Å². The number of amides is 1. The summed E-state index contributed by atoms with van der Waals surface area (Å²) in [5.74, 6) is 2.07. The molecule has 1 aromatic heterocycles. The summed E-state index contributed by atoms with van der Waals surface area (Å²) >= 11 is 0. The number of rotatable bonds is 5. The van der Waals surface area contributed by atoms with E-state index >= 15 is 0 Å². The van der Waals surface area contributed by atoms with Crippen LogP contribution in [0.1, 0.15) is 15.9 Å². The number of nitrogens with one attached hydrogen (secondary N) is 1. The van der Waals surface area contributed by atoms with E-state index in [0.717, 1.165) is 19.4 Å². The van der Waals surface area contributed by atoms with Gasteiger partial charge in [0.15, 0.2) is 0 Å². The van der Waals surface area contributed by atoms with Gasteiger partial charge in [-0.2, -0.15) is 4.98 Å². The highest BCUT2D eigenvalue weighted by Gasteiger charge is 2.42. The van der Waals surface area contributed by atoms with E-state index in [-0.39, 0.29) is 11.7 Å². The van der Waals surface area contributed by atoms with Gasteiger partial charge < -0.3 is 20.3 Å². The number of benzene rings is 1. The number of methoxy groups -OCH3 is 1. The van der Waals surface area contributed by atoms with Crippen LogP contribution in [-0.2, 0) is 0 Å². The maximum atomic E-state index is 13.1. The van der Waals surface area contributed by atoms with Crippen molar-refractivity contribution in [1.29, 1.82) is 5.41 Å². The fraction of sp³-hybridized carbons (Fsp3) is 0.350. The summed E-state index contributed by atoms with van der Waals surface area (Å²) in [5, 5.41) is 7.12. The maximum Gasteiger partial charge on any atom is 0.254 e. The number of amidine groups is 1. The van der Waals surface area contributed by atoms with Crippen molar-refractivity contribution < 1.29 is 9.53 Å². The lowest BCUT2D eigenvalue weighted by Gasteiger charge is -2.22. The third-order valence-corrected chi connectivity index (χ3v) is 5.52. The van der Waals surface area contributed by atoms with Crippen LogP contribution in [-0.4, -0.2) is 66.2 Å². The molecule has 3 heterocycles. The van der Waals surface area contributed by atoms with Crippen molar-refractivity contribution in [2.45, 2.75) is 0 Å². The van der Waals surface area contributed by atoms with Crippen LogP contribution < -0.4 is 15.4 Å². The van der Waals surface area contributed by atoms with Crippen LogP contribution in [0.4, 0.5) is 5.95 Å². The molecule has 2 saturated heterocycles. The summed E-state index contributed by atoms with van der Waals surface area (Å²) in [6.07, 6.45) is 2.58. The maximum absolute atomic E-state index is 13.1. The number of carbonyl (C=O) groups excluding carboxylic acids is 1. The summed E-state index contributed by atoms with van der Waals surface area (Å²) in [4.78, 5) is 29.8. The second-order valence-corrected chi connectivity index (χ2v) is 7.22. The second-order valence-electron chi connectivity index (χ2n) is 7.22. The first kappa shape index (κ1) is 18.9. The Bertz CT molecular complexity index is 947. The molecule has 2 aromatic rings. The molecule has 0 radical (unpaired) electrons. The molecular weight excluding hydrogens is 370 g/mol. The first-order valence-corrected chi connectivity index (χ1v) is 9.43. The lowest BCUT2D eigenvalue weighted by molar-refractivity contribution is 0.0782. The third-order valence-electron chi connectivity index (χ3n) is 5.52. The van der Waals surface area contributed by atoms with Crippen LogP contribution in [0.5, 0.6) is 5.88 Å². The number of ether oxygens (including phenoxy) is 1. The van der Waals surface area contributed by atoms with E-state index in [1.54, 1.807) is 31.5 Å². The van der Waals surface area contributed by atoms with Gasteiger partial charge >= 0.3 is 0 Å². The number of aliphatic imine (C=N–C) groups is 1. The number of likely N-dealkylation sites (tertiary alicyclic amines) is 1. The van der Waals surface area contributed by atoms with E-state index in [4.69, 9.17) is 15.9 Å². The second kappa shape index (κ2) is 7.86. The number of nitrogens with two attached hydrogens (primary N) is 1. The Hall–Kier alpha value is -3.49. The van der Waals surface area contributed by atoms with Gasteiger partial charge in [-0.3, -0.25) is 10.2 Å². The number of hydrogen-bond acceptors (Lipinski definition) is 6. The number of hydrogen-bond donors (Lipinski definition) is 2. The average molecular weight is 393 g/mol. The number of aromatic nitrogens is 2. The Morgan fingerprint density at radius 2 is 1.90 bits per heavy atom. The molecule has 4 rings (SSSR count). The van der Waals surface area contributed by atoms with Crippen molar-refractivity contribution in [3.63, 3.8) is 0 Å². The largest absolute Gasteiger partial charge is 0.481 e. The lowest BCUT2D eigenvalue weighted by Crippen LogP contribution is -2.35. The Morgan fingerprint density at radius 1 is 1.21 bits per heavy atom. The van der Waals surface area contributed by atoms with E-state index in [2.05, 4.69) is 19.9 Å². The molecular formula is C20H23N7O2. The number of carbonyl (C=O) groups is 1. The Balaban J connectivity index is 1.47. The predicted octanol–water partition coefficient (Wildman–Crippen LogP) is 1.01. The van der Waals surface area contributed by atoms with Crippen molar-refractivity contribution in [3.8, 4) is 5.88 Å². The Labute approximate surface area is 168 Å². The first-order chi connectivity index (χ1) is 14.1. The van der Waals surface area contributed by atoms with Crippen molar-refractivity contribution in [1.82, 2.24) is 14.9 Å². The minimum absolute atomic E-state index is 0.0534. The SMILES string of the molecule is COc1ccnc(N2CC3CN(C(=O)c4ccccc4C(N)=NC=N)CC3C2)n1. The standard InChI is InChI=1S/C20H23N7O2/c1-29-17-6-7-23-20(25-17)27-10-13-8-26(9-14(13)11-27)19(28)16-5-3-2-4-15(16)18(22)24-12-21/h2-7,12-14H,8-11H2,1H3,(H3,21,22,24). The lowest BCUT2D eigenvalue weighted by atomic mass is 10.0. The molecule has 0 spiro atoms. The Kier molecular flexibility index (Phi) is 5.11. The molecule has 0 saturated carbocycles. The highest BCUT2D eigenvalue weighted by molar-refractivity contribution is 6.10. The summed E-state index contributed by atoms with van der Waals surface area (Å²) in [6.45, 7) is 2.97. The first-order valence-electron chi connectivity index (χ1n) is 9.43. The van der Waals surface area contributed by atoms with Crippen LogP contribution in [0.3, 0.4) is 0 Å². The van der Waals surface area contributed by atoms with Crippen molar-refractivity contribution in [2.75, 3.05) is 38.2 Å². The van der Waals surface area contributed by atoms with Gasteiger partial charge in [0, 0.05) is 55.8 Å². The van der Waals surface area contributed by atoms with Gasteiger partial charge in [-0.05, 0) is 6.07 Å². The summed E-state index contributed by atoms with van der Waals surface area (Å²) in [6, 6.07) is 8.87. The van der Waals surface area contributed by atoms with Gasteiger partial charge in [0.2, 0.25) is 11.8 Å². The summed E-state index contributed by atoms with van der Waals surface area (Å²) in [7, 11) is 1.59. The molecule has 9 heteroatoms. The van der Waals surface area contributed by atoms with E-state index in [1.165, 1.54) is 0 Å². The van der Waals surface area contributed by atoms with Crippen molar-refractivity contribution >= 4 is 24.0 Å². The van der Waals surface area contributed by atoms with E-state index < -0.39 is 0 Å². The van der Waals surface area contributed by atoms with Crippen molar-refractivity contribution in [3.05, 3.63) is 47.7 Å². The van der Waals surface area contributed by atoms with Gasteiger partial charge in [-0.1, -0.05) is 18.2 Å². The molecule has 2 fully saturated rings. The average Bonchev–Trinajstić information content (AvgIpc) is 3.33.